The lowest BCUT2D eigenvalue weighted by atomic mass is 10.0. The Morgan fingerprint density at radius 3 is 1.22 bits per heavy atom. The van der Waals surface area contributed by atoms with Crippen LogP contribution >= 0.6 is 7.82 Å². The number of hydrogen-bond acceptors (Lipinski definition) is 14. The van der Waals surface area contributed by atoms with Gasteiger partial charge in [-0.05, 0) is 12.8 Å². The predicted octanol–water partition coefficient (Wildman–Crippen LogP) is 8.01. The van der Waals surface area contributed by atoms with Gasteiger partial charge in [0.15, 0.2) is 6.10 Å². The third-order valence-corrected chi connectivity index (χ3v) is 10.9. The molecule has 0 heterocycles. The van der Waals surface area contributed by atoms with Crippen LogP contribution in [0.5, 0.6) is 0 Å². The molecule has 0 rings (SSSR count). The third-order valence-electron chi connectivity index (χ3n) is 9.99. The van der Waals surface area contributed by atoms with Crippen molar-refractivity contribution in [1.82, 2.24) is 0 Å². The van der Waals surface area contributed by atoms with Gasteiger partial charge in [-0.25, -0.2) is 0 Å². The summed E-state index contributed by atoms with van der Waals surface area (Å²) in [6.45, 7) is 1.29. The van der Waals surface area contributed by atoms with E-state index in [0.29, 0.717) is 12.8 Å². The van der Waals surface area contributed by atoms with E-state index in [0.717, 1.165) is 38.5 Å². The first-order valence-electron chi connectivity index (χ1n) is 23.3. The molecule has 0 saturated heterocycles. The predicted molar refractivity (Wildman–Crippen MR) is 228 cm³/mol. The summed E-state index contributed by atoms with van der Waals surface area (Å²) in [7, 11) is -4.98. The van der Waals surface area contributed by atoms with Crippen LogP contribution in [0, 0.1) is 0 Å². The van der Waals surface area contributed by atoms with Gasteiger partial charge in [0.05, 0.1) is 46.2 Å². The second-order valence-electron chi connectivity index (χ2n) is 16.0. The van der Waals surface area contributed by atoms with Crippen LogP contribution in [0.4, 0.5) is 0 Å². The molecule has 0 aromatic carbocycles. The van der Waals surface area contributed by atoms with Crippen LogP contribution in [0.2, 0.25) is 0 Å². The zero-order valence-electron chi connectivity index (χ0n) is 37.1. The maximum Gasteiger partial charge on any atom is 0.306 e. The van der Waals surface area contributed by atoms with Gasteiger partial charge in [-0.3, -0.25) is 14.2 Å². The number of aliphatic hydroxyl groups excluding tert-OH is 4. The fraction of sp³-hybridized carbons (Fsp3) is 0.955. The van der Waals surface area contributed by atoms with Crippen LogP contribution in [0.1, 0.15) is 194 Å². The number of carbonyl (C=O) groups is 2. The number of unbranched alkanes of at least 4 members (excludes halogenated alkanes) is 24. The summed E-state index contributed by atoms with van der Waals surface area (Å²) in [6, 6.07) is 0. The van der Waals surface area contributed by atoms with Gasteiger partial charge >= 0.3 is 11.9 Å². The minimum atomic E-state index is -4.98. The van der Waals surface area contributed by atoms with Crippen molar-refractivity contribution in [2.75, 3.05) is 52.9 Å². The molecule has 0 saturated carbocycles. The zero-order chi connectivity index (χ0) is 43.7. The second kappa shape index (κ2) is 42.1. The Kier molecular flexibility index (Phi) is 41.3. The molecule has 0 aliphatic rings. The molecular formula is C44H86O14P-. The van der Waals surface area contributed by atoms with E-state index in [2.05, 4.69) is 13.8 Å². The van der Waals surface area contributed by atoms with Crippen molar-refractivity contribution in [2.45, 2.75) is 218 Å². The summed E-state index contributed by atoms with van der Waals surface area (Å²) >= 11 is 0. The number of phosphoric ester groups is 1. The Balaban J connectivity index is 4.61. The quantitative estimate of drug-likeness (QED) is 0.0259. The van der Waals surface area contributed by atoms with Crippen LogP contribution in [0.3, 0.4) is 0 Å². The Labute approximate surface area is 357 Å². The van der Waals surface area contributed by atoms with E-state index in [-0.39, 0.29) is 45.9 Å². The maximum absolute atomic E-state index is 12.7. The van der Waals surface area contributed by atoms with Gasteiger partial charge < -0.3 is 53.3 Å². The Morgan fingerprint density at radius 1 is 0.475 bits per heavy atom. The summed E-state index contributed by atoms with van der Waals surface area (Å²) in [4.78, 5) is 37.7. The fourth-order valence-corrected chi connectivity index (χ4v) is 7.19. The minimum absolute atomic E-state index is 0.143. The molecule has 0 radical (unpaired) electrons. The molecule has 5 unspecified atom stereocenters. The summed E-state index contributed by atoms with van der Waals surface area (Å²) in [6.07, 6.45) is 26.2. The minimum Gasteiger partial charge on any atom is -0.756 e. The van der Waals surface area contributed by atoms with Crippen molar-refractivity contribution in [1.29, 1.82) is 0 Å². The molecule has 59 heavy (non-hydrogen) atoms. The molecule has 0 fully saturated rings. The van der Waals surface area contributed by atoms with Crippen molar-refractivity contribution in [2.24, 2.45) is 0 Å². The van der Waals surface area contributed by atoms with Crippen molar-refractivity contribution >= 4 is 19.8 Å². The molecule has 4 N–H and O–H groups in total. The number of carbonyl (C=O) groups excluding carboxylic acids is 2. The highest BCUT2D eigenvalue weighted by atomic mass is 31.2. The van der Waals surface area contributed by atoms with Gasteiger partial charge in [0, 0.05) is 12.8 Å². The summed E-state index contributed by atoms with van der Waals surface area (Å²) < 4.78 is 43.3. The maximum atomic E-state index is 12.7. The monoisotopic (exact) mass is 870 g/mol. The van der Waals surface area contributed by atoms with Gasteiger partial charge in [0.25, 0.3) is 7.82 Å². The van der Waals surface area contributed by atoms with Gasteiger partial charge in [-0.1, -0.05) is 168 Å². The molecule has 0 aromatic rings. The first-order valence-corrected chi connectivity index (χ1v) is 24.7. The van der Waals surface area contributed by atoms with Gasteiger partial charge in [0.1, 0.15) is 24.9 Å². The van der Waals surface area contributed by atoms with Crippen molar-refractivity contribution < 1.29 is 67.5 Å². The van der Waals surface area contributed by atoms with Crippen LogP contribution in [-0.4, -0.2) is 110 Å². The topological polar surface area (TPSA) is 211 Å². The highest BCUT2D eigenvalue weighted by Gasteiger charge is 2.22. The third kappa shape index (κ3) is 41.9. The van der Waals surface area contributed by atoms with Crippen molar-refractivity contribution in [3.8, 4) is 0 Å². The Bertz CT molecular complexity index is 989. The lowest BCUT2D eigenvalue weighted by Gasteiger charge is -2.26. The van der Waals surface area contributed by atoms with E-state index < -0.39 is 64.0 Å². The number of esters is 2. The molecule has 352 valence electrons. The van der Waals surface area contributed by atoms with Crippen LogP contribution in [0.25, 0.3) is 0 Å². The van der Waals surface area contributed by atoms with Crippen LogP contribution in [-0.2, 0) is 42.1 Å². The smallest absolute Gasteiger partial charge is 0.306 e. The standard InChI is InChI=1S/C44H87O14P/c1-3-5-7-9-11-13-15-17-19-21-23-25-27-29-43(49)55-37-42(58-44(50)30-28-26-24-22-20-18-16-14-12-10-8-6-4-2)38-57-59(51,52)56-36-41(48)35-54-34-40(47)33-53-32-39(46)31-45/h39-42,45-48H,3-38H2,1-2H3,(H,51,52)/p-1. The van der Waals surface area contributed by atoms with Gasteiger partial charge in [-0.2, -0.15) is 0 Å². The fourth-order valence-electron chi connectivity index (χ4n) is 6.41. The average molecular weight is 870 g/mol. The highest BCUT2D eigenvalue weighted by molar-refractivity contribution is 7.45. The largest absolute Gasteiger partial charge is 0.756 e. The summed E-state index contributed by atoms with van der Waals surface area (Å²) in [5.74, 6) is -1.00. The Hall–Kier alpha value is -1.19. The van der Waals surface area contributed by atoms with E-state index in [1.165, 1.54) is 116 Å². The first-order chi connectivity index (χ1) is 28.5. The van der Waals surface area contributed by atoms with Crippen LogP contribution < -0.4 is 4.89 Å². The lowest BCUT2D eigenvalue weighted by Crippen LogP contribution is -2.31. The van der Waals surface area contributed by atoms with E-state index in [1.807, 2.05) is 0 Å². The summed E-state index contributed by atoms with van der Waals surface area (Å²) in [5.41, 5.74) is 0. The van der Waals surface area contributed by atoms with E-state index >= 15 is 0 Å². The molecule has 0 aliphatic carbocycles. The SMILES string of the molecule is CCCCCCCCCCCCCCCC(=O)OCC(COP(=O)([O-])OCC(O)COCC(O)COCC(O)CO)OC(=O)CCCCCCCCCCCCCCC. The molecule has 15 heteroatoms. The van der Waals surface area contributed by atoms with Crippen LogP contribution in [0.15, 0.2) is 0 Å². The average Bonchev–Trinajstić information content (AvgIpc) is 3.21. The Morgan fingerprint density at radius 2 is 0.814 bits per heavy atom. The molecule has 0 amide bonds. The van der Waals surface area contributed by atoms with E-state index in [4.69, 9.17) is 33.1 Å². The summed E-state index contributed by atoms with van der Waals surface area (Å²) in [5, 5.41) is 38.0. The highest BCUT2D eigenvalue weighted by Crippen LogP contribution is 2.38. The first kappa shape index (κ1) is 57.8. The number of aliphatic hydroxyl groups is 4. The number of phosphoric acid groups is 1. The number of ether oxygens (including phenoxy) is 4. The normalized spacial score (nSPS) is 14.8. The molecule has 14 nitrogen and oxygen atoms in total. The molecule has 0 bridgehead atoms. The van der Waals surface area contributed by atoms with E-state index in [1.54, 1.807) is 0 Å². The molecule has 0 aliphatic heterocycles. The van der Waals surface area contributed by atoms with Gasteiger partial charge in [0.2, 0.25) is 0 Å². The molecular weight excluding hydrogens is 783 g/mol. The second-order valence-corrected chi connectivity index (χ2v) is 17.4. The van der Waals surface area contributed by atoms with E-state index in [9.17, 15) is 34.4 Å². The number of rotatable bonds is 46. The zero-order valence-corrected chi connectivity index (χ0v) is 38.0. The molecule has 0 spiro atoms. The molecule has 0 aromatic heterocycles. The number of hydrogen-bond donors (Lipinski definition) is 4. The van der Waals surface area contributed by atoms with Crippen molar-refractivity contribution in [3.05, 3.63) is 0 Å². The van der Waals surface area contributed by atoms with Gasteiger partial charge in [-0.15, -0.1) is 0 Å². The lowest BCUT2D eigenvalue weighted by molar-refractivity contribution is -0.230. The van der Waals surface area contributed by atoms with Crippen molar-refractivity contribution in [3.63, 3.8) is 0 Å². The molecule has 5 atom stereocenters.